The summed E-state index contributed by atoms with van der Waals surface area (Å²) in [5.41, 5.74) is 19.9. The quantitative estimate of drug-likeness (QED) is 0.0341. The summed E-state index contributed by atoms with van der Waals surface area (Å²) in [6.07, 6.45) is 113. The largest absolute Gasteiger partial charge is 0.494 e. The zero-order chi connectivity index (χ0) is 98.7. The molecule has 9 heterocycles. The van der Waals surface area contributed by atoms with Crippen molar-refractivity contribution in [2.24, 2.45) is 0 Å². The Morgan fingerprint density at radius 3 is 0.486 bits per heavy atom. The standard InChI is InChI=1S/C128H174N12O4/c1(5-13-21-29-37-45-53-61-109-101-129-89-93-133-109)9-17-25-33-41-49-57-97-141-113-73-65-105(66-74-113)125-117-81-83-119(137-117)126(106-67-75-114(76-68-106)142-98-58-50-42-34-26-18-10-2-6-14-22-30-38-46-54-62-110-102-130-90-94-134-110)121-85-87-123(139-121)128(108-71-79-116(80-72-108)144-100-60-52-44-36-28-20-12-4-8-16-24-32-40-48-56-64-112-104-132-92-96-136-112)124-88-86-122(140-124)127(120-84-82-118(125)138-120)107-69-77-115(78-70-107)143-99-59-51-43-35-27-19-11-3-7-15-23-31-39-47-55-63-111-103-131-91-95-135-111/h65-96,101-104,137,140H,1-64,97-100H2. The molecule has 0 spiro atoms. The van der Waals surface area contributed by atoms with Crippen LogP contribution in [0.2, 0.25) is 0 Å². The molecule has 0 amide bonds. The van der Waals surface area contributed by atoms with Gasteiger partial charge in [-0.2, -0.15) is 0 Å². The lowest BCUT2D eigenvalue weighted by Crippen LogP contribution is -1.97. The maximum atomic E-state index is 6.54. The molecule has 8 bridgehead atoms. The number of hydrogen-bond donors (Lipinski definition) is 2. The first-order valence-corrected chi connectivity index (χ1v) is 57.7. The van der Waals surface area contributed by atoms with E-state index in [9.17, 15) is 0 Å². The van der Waals surface area contributed by atoms with Gasteiger partial charge in [0.1, 0.15) is 23.0 Å². The Bertz CT molecular complexity index is 4790. The Hall–Kier alpha value is -11.0. The minimum Gasteiger partial charge on any atom is -0.494 e. The summed E-state index contributed by atoms with van der Waals surface area (Å²) >= 11 is 0. The van der Waals surface area contributed by atoms with E-state index in [1.54, 1.807) is 49.6 Å². The number of hydrogen-bond acceptors (Lipinski definition) is 14. The smallest absolute Gasteiger partial charge is 0.119 e. The highest BCUT2D eigenvalue weighted by Crippen LogP contribution is 2.41. The molecule has 2 N–H and O–H groups in total. The van der Waals surface area contributed by atoms with E-state index in [-0.39, 0.29) is 0 Å². The van der Waals surface area contributed by atoms with E-state index in [0.29, 0.717) is 26.4 Å². The average molecular weight is 1940 g/mol. The molecule has 11 aromatic rings. The van der Waals surface area contributed by atoms with E-state index in [1.807, 2.05) is 24.8 Å². The predicted molar refractivity (Wildman–Crippen MR) is 603 cm³/mol. The first-order chi connectivity index (χ1) is 71.6. The molecule has 13 rings (SSSR count). The molecular formula is C128H174N12O4. The predicted octanol–water partition coefficient (Wildman–Crippen LogP) is 36.4. The average Bonchev–Trinajstić information content (AvgIpc) is 1.61. The lowest BCUT2D eigenvalue weighted by atomic mass is 10.0. The highest BCUT2D eigenvalue weighted by Gasteiger charge is 2.22. The molecule has 16 heteroatoms. The lowest BCUT2D eigenvalue weighted by Gasteiger charge is -2.10. The van der Waals surface area contributed by atoms with E-state index >= 15 is 0 Å². The molecule has 0 fully saturated rings. The van der Waals surface area contributed by atoms with Crippen LogP contribution in [0.5, 0.6) is 23.0 Å². The van der Waals surface area contributed by atoms with Crippen LogP contribution < -0.4 is 18.9 Å². The molecule has 2 aliphatic heterocycles. The van der Waals surface area contributed by atoms with Crippen LogP contribution in [0, 0.1) is 0 Å². The Morgan fingerprint density at radius 1 is 0.167 bits per heavy atom. The van der Waals surface area contributed by atoms with Crippen molar-refractivity contribution in [2.45, 2.75) is 411 Å². The zero-order valence-corrected chi connectivity index (χ0v) is 88.0. The highest BCUT2D eigenvalue weighted by atomic mass is 16.5. The summed E-state index contributed by atoms with van der Waals surface area (Å²) in [6, 6.07) is 43.8. The van der Waals surface area contributed by atoms with Crippen LogP contribution in [-0.4, -0.2) is 86.2 Å². The Morgan fingerprint density at radius 2 is 0.326 bits per heavy atom. The number of nitrogens with one attached hydrogen (secondary N) is 2. The van der Waals surface area contributed by atoms with Gasteiger partial charge < -0.3 is 28.9 Å². The number of nitrogens with zero attached hydrogens (tertiary/aromatic N) is 10. The van der Waals surface area contributed by atoms with E-state index < -0.39 is 0 Å². The SMILES string of the molecule is C1=Cc2nc1c(-c1ccc(OCCCCCCCCCCCCCCCCCc3cnccn3)cc1)c1ccc([nH]1)c(-c1ccc(OCCCCCCCCCCCCCCCCCc3cnccn3)cc1)c1nc(c(-c3ccc(OCCCCCCCCCCCCCCCCCc4cnccn4)cc3)c3ccc([nH]3)c2-c2ccc(OCCCCCCCCCCCCCCCCCc3cnccn3)cc2)C=C1. The van der Waals surface area contributed by atoms with Crippen molar-refractivity contribution in [3.05, 3.63) is 241 Å². The Kier molecular flexibility index (Phi) is 52.9. The van der Waals surface area contributed by atoms with Crippen molar-refractivity contribution < 1.29 is 18.9 Å². The fourth-order valence-electron chi connectivity index (χ4n) is 20.7. The number of unbranched alkanes of at least 4 members (excludes halogenated alkanes) is 56. The van der Waals surface area contributed by atoms with Crippen molar-refractivity contribution >= 4 is 46.4 Å². The number of ether oxygens (including phenoxy) is 4. The molecule has 2 aliphatic rings. The molecule has 770 valence electrons. The van der Waals surface area contributed by atoms with Gasteiger partial charge in [0.2, 0.25) is 0 Å². The molecule has 144 heavy (non-hydrogen) atoms. The van der Waals surface area contributed by atoms with E-state index in [4.69, 9.17) is 28.9 Å². The van der Waals surface area contributed by atoms with Gasteiger partial charge in [0.25, 0.3) is 0 Å². The number of aromatic amines is 2. The summed E-state index contributed by atoms with van der Waals surface area (Å²) in [5.74, 6) is 3.51. The fourth-order valence-corrected chi connectivity index (χ4v) is 20.7. The summed E-state index contributed by atoms with van der Waals surface area (Å²) in [5, 5.41) is 0. The molecule has 4 aromatic carbocycles. The van der Waals surface area contributed by atoms with Crippen LogP contribution in [-0.2, 0) is 25.7 Å². The third kappa shape index (κ3) is 42.2. The molecule has 7 aromatic heterocycles. The molecule has 16 nitrogen and oxygen atoms in total. The zero-order valence-electron chi connectivity index (χ0n) is 88.0. The molecule has 0 unspecified atom stereocenters. The highest BCUT2D eigenvalue weighted by molar-refractivity contribution is 6.00. The summed E-state index contributed by atoms with van der Waals surface area (Å²) in [6.45, 7) is 2.80. The van der Waals surface area contributed by atoms with Crippen molar-refractivity contribution in [2.75, 3.05) is 26.4 Å². The van der Waals surface area contributed by atoms with Crippen molar-refractivity contribution in [3.8, 4) is 67.5 Å². The van der Waals surface area contributed by atoms with Crippen LogP contribution >= 0.6 is 0 Å². The number of aromatic nitrogens is 12. The first kappa shape index (κ1) is 110. The van der Waals surface area contributed by atoms with E-state index in [1.165, 1.54) is 360 Å². The summed E-state index contributed by atoms with van der Waals surface area (Å²) < 4.78 is 26.2. The number of benzene rings is 4. The van der Waals surface area contributed by atoms with Crippen LogP contribution in [0.1, 0.15) is 431 Å². The van der Waals surface area contributed by atoms with E-state index in [2.05, 4.69) is 195 Å². The van der Waals surface area contributed by atoms with Crippen LogP contribution in [0.4, 0.5) is 0 Å². The van der Waals surface area contributed by atoms with E-state index in [0.717, 1.165) is 186 Å². The van der Waals surface area contributed by atoms with Gasteiger partial charge >= 0.3 is 0 Å². The third-order valence-corrected chi connectivity index (χ3v) is 29.2. The maximum absolute atomic E-state index is 6.54. The van der Waals surface area contributed by atoms with Gasteiger partial charge in [-0.15, -0.1) is 0 Å². The van der Waals surface area contributed by atoms with Gasteiger partial charge in [-0.3, -0.25) is 39.9 Å². The van der Waals surface area contributed by atoms with Crippen LogP contribution in [0.25, 0.3) is 90.9 Å². The van der Waals surface area contributed by atoms with Gasteiger partial charge in [-0.05, 0) is 196 Å². The molecule has 0 aliphatic carbocycles. The van der Waals surface area contributed by atoms with Crippen molar-refractivity contribution in [1.82, 2.24) is 59.8 Å². The Labute approximate surface area is 865 Å². The molecular weight excluding hydrogens is 1770 g/mol. The number of aryl methyl sites for hydroxylation is 4. The number of H-pyrrole nitrogens is 2. The fraction of sp³-hybridized carbons (Fsp3) is 0.531. The van der Waals surface area contributed by atoms with Crippen molar-refractivity contribution in [1.29, 1.82) is 0 Å². The second-order valence-corrected chi connectivity index (χ2v) is 41.0. The second kappa shape index (κ2) is 69.1. The topological polar surface area (TPSA) is 197 Å². The molecule has 0 saturated heterocycles. The molecule has 0 radical (unpaired) electrons. The van der Waals surface area contributed by atoms with Gasteiger partial charge in [0.05, 0.1) is 72.0 Å². The van der Waals surface area contributed by atoms with Gasteiger partial charge in [0.15, 0.2) is 0 Å². The van der Waals surface area contributed by atoms with Crippen molar-refractivity contribution in [3.63, 3.8) is 0 Å². The first-order valence-electron chi connectivity index (χ1n) is 57.7. The van der Waals surface area contributed by atoms with Crippen LogP contribution in [0.3, 0.4) is 0 Å². The normalized spacial score (nSPS) is 11.8. The number of fused-ring (bicyclic) bond motifs is 8. The van der Waals surface area contributed by atoms with Gasteiger partial charge in [-0.25, -0.2) is 9.97 Å². The Balaban J connectivity index is 0.654. The minimum atomic E-state index is 0.699. The number of rotatable bonds is 80. The maximum Gasteiger partial charge on any atom is 0.119 e. The molecule has 0 saturated carbocycles. The minimum absolute atomic E-state index is 0.699. The van der Waals surface area contributed by atoms with Gasteiger partial charge in [-0.1, -0.05) is 382 Å². The monoisotopic (exact) mass is 1940 g/mol. The second-order valence-electron chi connectivity index (χ2n) is 41.0. The molecule has 0 atom stereocenters. The summed E-state index contributed by atoms with van der Waals surface area (Å²) in [4.78, 5) is 54.1. The lowest BCUT2D eigenvalue weighted by molar-refractivity contribution is 0.304. The third-order valence-electron chi connectivity index (χ3n) is 29.2. The summed E-state index contributed by atoms with van der Waals surface area (Å²) in [7, 11) is 0. The van der Waals surface area contributed by atoms with Crippen LogP contribution in [0.15, 0.2) is 196 Å². The van der Waals surface area contributed by atoms with Gasteiger partial charge in [0, 0.05) is 119 Å².